The van der Waals surface area contributed by atoms with Crippen molar-refractivity contribution < 1.29 is 17.2 Å². The zero-order valence-corrected chi connectivity index (χ0v) is 12.3. The van der Waals surface area contributed by atoms with Gasteiger partial charge in [-0.1, -0.05) is 11.6 Å². The van der Waals surface area contributed by atoms with Crippen molar-refractivity contribution in [3.63, 3.8) is 0 Å². The fourth-order valence-corrected chi connectivity index (χ4v) is 2.81. The summed E-state index contributed by atoms with van der Waals surface area (Å²) in [6.45, 7) is 1.63. The Balaban J connectivity index is 2.43. The Bertz CT molecular complexity index is 812. The van der Waals surface area contributed by atoms with E-state index >= 15 is 0 Å². The summed E-state index contributed by atoms with van der Waals surface area (Å²) in [5, 5.41) is 0.218. The predicted molar refractivity (Wildman–Crippen MR) is 75.6 cm³/mol. The Hall–Kier alpha value is -1.93. The first-order chi connectivity index (χ1) is 9.72. The van der Waals surface area contributed by atoms with E-state index in [-0.39, 0.29) is 10.8 Å². The predicted octanol–water partition coefficient (Wildman–Crippen LogP) is 2.70. The number of nitrogens with two attached hydrogens (primary N) is 1. The molecule has 0 spiro atoms. The number of anilines is 2. The van der Waals surface area contributed by atoms with Gasteiger partial charge in [-0.15, -0.1) is 0 Å². The minimum Gasteiger partial charge on any atom is -0.394 e. The molecule has 0 bridgehead atoms. The van der Waals surface area contributed by atoms with Crippen molar-refractivity contribution in [1.82, 2.24) is 4.98 Å². The van der Waals surface area contributed by atoms with Gasteiger partial charge in [-0.3, -0.25) is 4.72 Å². The second-order valence-electron chi connectivity index (χ2n) is 4.21. The number of rotatable bonds is 3. The first kappa shape index (κ1) is 15.5. The average Bonchev–Trinajstić information content (AvgIpc) is 2.39. The molecule has 3 N–H and O–H groups in total. The summed E-state index contributed by atoms with van der Waals surface area (Å²) in [7, 11) is -4.27. The lowest BCUT2D eigenvalue weighted by Gasteiger charge is -2.10. The molecule has 2 aromatic rings. The van der Waals surface area contributed by atoms with Crippen molar-refractivity contribution in [2.24, 2.45) is 0 Å². The lowest BCUT2D eigenvalue weighted by Crippen LogP contribution is -2.16. The van der Waals surface area contributed by atoms with Crippen LogP contribution < -0.4 is 10.5 Å². The Morgan fingerprint density at radius 3 is 2.62 bits per heavy atom. The highest BCUT2D eigenvalue weighted by molar-refractivity contribution is 7.92. The number of sulfonamides is 1. The first-order valence-corrected chi connectivity index (χ1v) is 7.47. The number of aromatic nitrogens is 1. The molecule has 1 aromatic heterocycles. The highest BCUT2D eigenvalue weighted by Gasteiger charge is 2.23. The highest BCUT2D eigenvalue weighted by Crippen LogP contribution is 2.25. The number of nitrogens with one attached hydrogen (secondary N) is 1. The van der Waals surface area contributed by atoms with E-state index < -0.39 is 32.2 Å². The molecular weight excluding hydrogens is 324 g/mol. The van der Waals surface area contributed by atoms with E-state index in [4.69, 9.17) is 17.3 Å². The van der Waals surface area contributed by atoms with E-state index in [0.717, 1.165) is 12.1 Å². The van der Waals surface area contributed by atoms with Crippen LogP contribution in [0.1, 0.15) is 5.56 Å². The van der Waals surface area contributed by atoms with Crippen LogP contribution in [0.5, 0.6) is 0 Å². The minimum absolute atomic E-state index is 0.0965. The summed E-state index contributed by atoms with van der Waals surface area (Å²) in [5.41, 5.74) is 4.92. The molecule has 0 fully saturated rings. The molecule has 0 unspecified atom stereocenters. The molecule has 0 aliphatic heterocycles. The maximum Gasteiger partial charge on any atom is 0.264 e. The van der Waals surface area contributed by atoms with Gasteiger partial charge in [-0.25, -0.2) is 22.2 Å². The summed E-state index contributed by atoms with van der Waals surface area (Å²) < 4.78 is 53.2. The first-order valence-electron chi connectivity index (χ1n) is 5.61. The van der Waals surface area contributed by atoms with Crippen LogP contribution in [-0.2, 0) is 10.0 Å². The molecular formula is C12H10ClF2N3O2S. The van der Waals surface area contributed by atoms with Crippen LogP contribution in [-0.4, -0.2) is 13.4 Å². The van der Waals surface area contributed by atoms with Gasteiger partial charge in [0.25, 0.3) is 10.0 Å². The molecule has 21 heavy (non-hydrogen) atoms. The normalized spacial score (nSPS) is 11.4. The number of aryl methyl sites for hydroxylation is 1. The molecule has 0 saturated heterocycles. The van der Waals surface area contributed by atoms with Gasteiger partial charge in [0.2, 0.25) is 0 Å². The molecule has 1 aromatic carbocycles. The molecule has 0 radical (unpaired) electrons. The molecule has 0 saturated carbocycles. The molecule has 112 valence electrons. The smallest absolute Gasteiger partial charge is 0.264 e. The quantitative estimate of drug-likeness (QED) is 0.668. The van der Waals surface area contributed by atoms with Crippen LogP contribution >= 0.6 is 11.6 Å². The van der Waals surface area contributed by atoms with Gasteiger partial charge < -0.3 is 5.73 Å². The van der Waals surface area contributed by atoms with E-state index in [1.807, 2.05) is 0 Å². The van der Waals surface area contributed by atoms with Crippen LogP contribution in [0.15, 0.2) is 29.3 Å². The molecule has 0 atom stereocenters. The second kappa shape index (κ2) is 5.45. The maximum absolute atomic E-state index is 13.8. The number of halogens is 3. The van der Waals surface area contributed by atoms with Crippen LogP contribution in [0.3, 0.4) is 0 Å². The monoisotopic (exact) mass is 333 g/mol. The standard InChI is InChI=1S/C12H10ClF2N3O2S/c1-6-4-7(5-17-12(6)13)18-21(19,20)9-3-2-8(14)11(16)10(9)15/h2-5,18H,16H2,1H3. The molecule has 1 heterocycles. The van der Waals surface area contributed by atoms with E-state index in [1.165, 1.54) is 12.3 Å². The van der Waals surface area contributed by atoms with Crippen molar-refractivity contribution in [2.45, 2.75) is 11.8 Å². The molecule has 9 heteroatoms. The zero-order valence-electron chi connectivity index (χ0n) is 10.7. The third kappa shape index (κ3) is 3.06. The van der Waals surface area contributed by atoms with Gasteiger partial charge in [0.05, 0.1) is 11.9 Å². The van der Waals surface area contributed by atoms with Gasteiger partial charge in [0, 0.05) is 0 Å². The molecule has 0 aliphatic carbocycles. The number of nitrogens with zero attached hydrogens (tertiary/aromatic N) is 1. The third-order valence-corrected chi connectivity index (χ3v) is 4.44. The molecule has 5 nitrogen and oxygen atoms in total. The zero-order chi connectivity index (χ0) is 15.8. The van der Waals surface area contributed by atoms with Crippen molar-refractivity contribution in [1.29, 1.82) is 0 Å². The Morgan fingerprint density at radius 1 is 1.33 bits per heavy atom. The minimum atomic E-state index is -4.27. The summed E-state index contributed by atoms with van der Waals surface area (Å²) in [4.78, 5) is 3.02. The van der Waals surface area contributed by atoms with E-state index in [1.54, 1.807) is 6.92 Å². The van der Waals surface area contributed by atoms with Crippen molar-refractivity contribution >= 4 is 33.0 Å². The lowest BCUT2D eigenvalue weighted by atomic mass is 10.3. The highest BCUT2D eigenvalue weighted by atomic mass is 35.5. The molecule has 2 rings (SSSR count). The Kier molecular flexibility index (Phi) is 4.02. The molecule has 0 amide bonds. The summed E-state index contributed by atoms with van der Waals surface area (Å²) >= 11 is 5.73. The van der Waals surface area contributed by atoms with Crippen LogP contribution in [0, 0.1) is 18.6 Å². The summed E-state index contributed by atoms with van der Waals surface area (Å²) in [6.07, 6.45) is 1.18. The molecule has 0 aliphatic rings. The van der Waals surface area contributed by atoms with Crippen molar-refractivity contribution in [3.05, 3.63) is 46.7 Å². The maximum atomic E-state index is 13.8. The number of nitrogen functional groups attached to an aromatic ring is 1. The number of hydrogen-bond donors (Lipinski definition) is 2. The number of benzene rings is 1. The van der Waals surface area contributed by atoms with Gasteiger partial charge in [0.15, 0.2) is 5.82 Å². The Morgan fingerprint density at radius 2 is 2.00 bits per heavy atom. The third-order valence-electron chi connectivity index (χ3n) is 2.65. The van der Waals surface area contributed by atoms with Gasteiger partial charge in [0.1, 0.15) is 21.6 Å². The van der Waals surface area contributed by atoms with E-state index in [9.17, 15) is 17.2 Å². The van der Waals surface area contributed by atoms with E-state index in [2.05, 4.69) is 9.71 Å². The van der Waals surface area contributed by atoms with Crippen LogP contribution in [0.2, 0.25) is 5.15 Å². The largest absolute Gasteiger partial charge is 0.394 e. The van der Waals surface area contributed by atoms with Crippen LogP contribution in [0.4, 0.5) is 20.2 Å². The van der Waals surface area contributed by atoms with Gasteiger partial charge in [-0.2, -0.15) is 0 Å². The van der Waals surface area contributed by atoms with Crippen molar-refractivity contribution in [2.75, 3.05) is 10.5 Å². The fourth-order valence-electron chi connectivity index (χ4n) is 1.58. The SMILES string of the molecule is Cc1cc(NS(=O)(=O)c2ccc(F)c(N)c2F)cnc1Cl. The second-order valence-corrected chi connectivity index (χ2v) is 6.22. The lowest BCUT2D eigenvalue weighted by molar-refractivity contribution is 0.557. The number of hydrogen-bond acceptors (Lipinski definition) is 4. The van der Waals surface area contributed by atoms with E-state index in [0.29, 0.717) is 5.56 Å². The van der Waals surface area contributed by atoms with Gasteiger partial charge >= 0.3 is 0 Å². The topological polar surface area (TPSA) is 85.1 Å². The average molecular weight is 334 g/mol. The number of pyridine rings is 1. The van der Waals surface area contributed by atoms with Gasteiger partial charge in [-0.05, 0) is 30.7 Å². The van der Waals surface area contributed by atoms with Crippen LogP contribution in [0.25, 0.3) is 0 Å². The summed E-state index contributed by atoms with van der Waals surface area (Å²) in [6, 6.07) is 3.00. The summed E-state index contributed by atoms with van der Waals surface area (Å²) in [5.74, 6) is -2.38. The van der Waals surface area contributed by atoms with Crippen molar-refractivity contribution in [3.8, 4) is 0 Å². The fraction of sp³-hybridized carbons (Fsp3) is 0.0833. The Labute approximate surface area is 124 Å².